The van der Waals surface area contributed by atoms with Crippen LogP contribution in [0.25, 0.3) is 0 Å². The number of hydrogen-bond acceptors (Lipinski definition) is 4. The number of rotatable bonds is 4. The molecular formula is C19H41N3O3. The van der Waals surface area contributed by atoms with Crippen molar-refractivity contribution in [2.45, 2.75) is 79.8 Å². The minimum atomic E-state index is -0.582. The highest BCUT2D eigenvalue weighted by Crippen LogP contribution is 2.58. The van der Waals surface area contributed by atoms with Gasteiger partial charge in [0, 0.05) is 24.0 Å². The van der Waals surface area contributed by atoms with E-state index in [9.17, 15) is 9.59 Å². The Morgan fingerprint density at radius 1 is 1.12 bits per heavy atom. The van der Waals surface area contributed by atoms with Crippen LogP contribution in [-0.2, 0) is 9.53 Å². The third kappa shape index (κ3) is 8.56. The van der Waals surface area contributed by atoms with Crippen molar-refractivity contribution in [3.63, 3.8) is 0 Å². The molecule has 0 aromatic carbocycles. The van der Waals surface area contributed by atoms with Crippen molar-refractivity contribution in [1.82, 2.24) is 15.5 Å². The van der Waals surface area contributed by atoms with Crippen LogP contribution in [0.4, 0.5) is 4.79 Å². The maximum atomic E-state index is 11.5. The Hall–Kier alpha value is -1.30. The lowest BCUT2D eigenvalue weighted by Gasteiger charge is -2.17. The van der Waals surface area contributed by atoms with Gasteiger partial charge in [0.25, 0.3) is 0 Å². The van der Waals surface area contributed by atoms with E-state index < -0.39 is 6.09 Å². The maximum Gasteiger partial charge on any atom is 0.407 e. The molecule has 6 nitrogen and oxygen atoms in total. The summed E-state index contributed by atoms with van der Waals surface area (Å²) < 4.78 is 4.40. The van der Waals surface area contributed by atoms with Crippen LogP contribution in [0.3, 0.4) is 0 Å². The van der Waals surface area contributed by atoms with Crippen molar-refractivity contribution in [2.24, 2.45) is 5.41 Å². The van der Waals surface area contributed by atoms with E-state index in [0.717, 1.165) is 6.42 Å². The van der Waals surface area contributed by atoms with E-state index in [0.29, 0.717) is 18.6 Å². The van der Waals surface area contributed by atoms with Gasteiger partial charge in [-0.1, -0.05) is 48.0 Å². The highest BCUT2D eigenvalue weighted by molar-refractivity contribution is 5.82. The molecule has 3 atom stereocenters. The molecule has 1 saturated carbocycles. The molecule has 150 valence electrons. The van der Waals surface area contributed by atoms with Gasteiger partial charge in [-0.25, -0.2) is 4.79 Å². The molecule has 0 aromatic heterocycles. The summed E-state index contributed by atoms with van der Waals surface area (Å²) in [5, 5.41) is 5.26. The van der Waals surface area contributed by atoms with E-state index >= 15 is 0 Å². The van der Waals surface area contributed by atoms with Crippen LogP contribution in [-0.4, -0.2) is 56.2 Å². The molecule has 1 aliphatic heterocycles. The number of alkyl carbamates (subject to hydrolysis) is 1. The minimum Gasteiger partial charge on any atom is -0.453 e. The average molecular weight is 360 g/mol. The quantitative estimate of drug-likeness (QED) is 0.807. The largest absolute Gasteiger partial charge is 0.453 e. The number of hydrogen-bond donors (Lipinski definition) is 2. The zero-order chi connectivity index (χ0) is 20.0. The monoisotopic (exact) mass is 359 g/mol. The molecule has 2 fully saturated rings. The zero-order valence-corrected chi connectivity index (χ0v) is 17.9. The lowest BCUT2D eigenvalue weighted by molar-refractivity contribution is -0.120. The SMILES string of the molecule is CC.CC.CCC.COC(=O)NCC(=O)NCC12CC(C)N(C)C1C2. The number of nitrogens with zero attached hydrogens (tertiary/aromatic N) is 1. The first-order valence-corrected chi connectivity index (χ1v) is 9.70. The molecule has 1 aliphatic carbocycles. The van der Waals surface area contributed by atoms with E-state index in [-0.39, 0.29) is 17.9 Å². The summed E-state index contributed by atoms with van der Waals surface area (Å²) in [5.74, 6) is -0.164. The highest BCUT2D eigenvalue weighted by Gasteiger charge is 2.62. The number of carbonyl (C=O) groups excluding carboxylic acids is 2. The minimum absolute atomic E-state index is 0.0290. The molecule has 2 aliphatic rings. The van der Waals surface area contributed by atoms with E-state index in [4.69, 9.17) is 0 Å². The Morgan fingerprint density at radius 3 is 2.04 bits per heavy atom. The van der Waals surface area contributed by atoms with Crippen LogP contribution in [0.5, 0.6) is 0 Å². The summed E-state index contributed by atoms with van der Waals surface area (Å²) in [7, 11) is 3.42. The van der Waals surface area contributed by atoms with Crippen molar-refractivity contribution in [1.29, 1.82) is 0 Å². The topological polar surface area (TPSA) is 70.7 Å². The number of likely N-dealkylation sites (tertiary alicyclic amines) is 1. The Morgan fingerprint density at radius 2 is 1.64 bits per heavy atom. The van der Waals surface area contributed by atoms with Gasteiger partial charge >= 0.3 is 6.09 Å². The van der Waals surface area contributed by atoms with Gasteiger partial charge in [0.1, 0.15) is 0 Å². The van der Waals surface area contributed by atoms with Crippen molar-refractivity contribution >= 4 is 12.0 Å². The number of nitrogens with one attached hydrogen (secondary N) is 2. The van der Waals surface area contributed by atoms with Gasteiger partial charge in [0.15, 0.2) is 0 Å². The number of fused-ring (bicyclic) bond motifs is 1. The van der Waals surface area contributed by atoms with E-state index in [1.807, 2.05) is 27.7 Å². The third-order valence-electron chi connectivity index (χ3n) is 4.25. The van der Waals surface area contributed by atoms with Gasteiger partial charge in [-0.05, 0) is 26.8 Å². The van der Waals surface area contributed by atoms with Crippen LogP contribution >= 0.6 is 0 Å². The van der Waals surface area contributed by atoms with Crippen LogP contribution in [0.2, 0.25) is 0 Å². The molecule has 6 heteroatoms. The van der Waals surface area contributed by atoms with Gasteiger partial charge in [0.2, 0.25) is 5.91 Å². The predicted octanol–water partition coefficient (Wildman–Crippen LogP) is 3.41. The number of amides is 2. The van der Waals surface area contributed by atoms with Crippen LogP contribution in [0.1, 0.15) is 67.7 Å². The summed E-state index contributed by atoms with van der Waals surface area (Å²) in [6.07, 6.45) is 2.97. The predicted molar refractivity (Wildman–Crippen MR) is 105 cm³/mol. The first kappa shape index (κ1) is 25.9. The standard InChI is InChI=1S/C12H21N3O3.C3H8.2C2H6/c1-8-4-12(5-9(12)15(8)2)7-14-10(16)6-13-11(17)18-3;1-3-2;2*1-2/h8-9H,4-7H2,1-3H3,(H,13,17)(H,14,16);3H2,1-2H3;2*1-2H3. The van der Waals surface area contributed by atoms with Crippen molar-refractivity contribution in [2.75, 3.05) is 27.2 Å². The van der Waals surface area contributed by atoms with E-state index in [2.05, 4.69) is 48.1 Å². The van der Waals surface area contributed by atoms with Gasteiger partial charge in [-0.3, -0.25) is 4.79 Å². The Labute approximate surface area is 155 Å². The van der Waals surface area contributed by atoms with Gasteiger partial charge in [-0.15, -0.1) is 0 Å². The molecule has 0 aromatic rings. The molecule has 25 heavy (non-hydrogen) atoms. The fourth-order valence-electron chi connectivity index (χ4n) is 2.98. The second kappa shape index (κ2) is 13.9. The molecule has 0 bridgehead atoms. The molecular weight excluding hydrogens is 318 g/mol. The van der Waals surface area contributed by atoms with Gasteiger partial charge < -0.3 is 20.3 Å². The lowest BCUT2D eigenvalue weighted by Crippen LogP contribution is -2.39. The average Bonchev–Trinajstić information content (AvgIpc) is 3.29. The smallest absolute Gasteiger partial charge is 0.407 e. The van der Waals surface area contributed by atoms with Gasteiger partial charge in [0.05, 0.1) is 13.7 Å². The summed E-state index contributed by atoms with van der Waals surface area (Å²) >= 11 is 0. The molecule has 0 spiro atoms. The summed E-state index contributed by atoms with van der Waals surface area (Å²) in [4.78, 5) is 24.8. The molecule has 0 radical (unpaired) electrons. The number of ether oxygens (including phenoxy) is 1. The van der Waals surface area contributed by atoms with Crippen LogP contribution in [0.15, 0.2) is 0 Å². The Kier molecular flexibility index (Phi) is 14.5. The first-order valence-electron chi connectivity index (χ1n) is 9.70. The summed E-state index contributed by atoms with van der Waals surface area (Å²) in [5.41, 5.74) is 0.273. The third-order valence-corrected chi connectivity index (χ3v) is 4.25. The van der Waals surface area contributed by atoms with Crippen molar-refractivity contribution < 1.29 is 14.3 Å². The normalized spacial score (nSPS) is 25.5. The van der Waals surface area contributed by atoms with Gasteiger partial charge in [-0.2, -0.15) is 0 Å². The Balaban J connectivity index is 0. The first-order chi connectivity index (χ1) is 11.9. The zero-order valence-electron chi connectivity index (χ0n) is 17.9. The molecule has 1 heterocycles. The summed E-state index contributed by atoms with van der Waals surface area (Å²) in [6, 6.07) is 1.20. The summed E-state index contributed by atoms with van der Waals surface area (Å²) in [6.45, 7) is 15.1. The highest BCUT2D eigenvalue weighted by atomic mass is 16.5. The van der Waals surface area contributed by atoms with E-state index in [1.165, 1.54) is 20.0 Å². The molecule has 1 saturated heterocycles. The molecule has 3 unspecified atom stereocenters. The maximum absolute atomic E-state index is 11.5. The fourth-order valence-corrected chi connectivity index (χ4v) is 2.98. The van der Waals surface area contributed by atoms with Crippen LogP contribution < -0.4 is 10.6 Å². The molecule has 2 rings (SSSR count). The Bertz CT molecular complexity index is 377. The van der Waals surface area contributed by atoms with E-state index in [1.54, 1.807) is 0 Å². The lowest BCUT2D eigenvalue weighted by atomic mass is 10.0. The fraction of sp³-hybridized carbons (Fsp3) is 0.895. The number of carbonyl (C=O) groups is 2. The molecule has 2 amide bonds. The van der Waals surface area contributed by atoms with Crippen molar-refractivity contribution in [3.05, 3.63) is 0 Å². The molecule has 2 N–H and O–H groups in total. The second-order valence-corrected chi connectivity index (χ2v) is 6.13. The second-order valence-electron chi connectivity index (χ2n) is 6.13. The van der Waals surface area contributed by atoms with Crippen molar-refractivity contribution in [3.8, 4) is 0 Å². The number of piperidine rings is 1. The number of methoxy groups -OCH3 is 1. The van der Waals surface area contributed by atoms with Crippen LogP contribution in [0, 0.1) is 5.41 Å².